The molecular formula is C14H17N3O. The molecule has 1 fully saturated rings. The molecular weight excluding hydrogens is 226 g/mol. The quantitative estimate of drug-likeness (QED) is 0.898. The number of aromatic nitrogens is 2. The van der Waals surface area contributed by atoms with E-state index in [2.05, 4.69) is 5.10 Å². The van der Waals surface area contributed by atoms with Crippen LogP contribution in [0.1, 0.15) is 31.4 Å². The summed E-state index contributed by atoms with van der Waals surface area (Å²) in [6.45, 7) is 2.66. The van der Waals surface area contributed by atoms with Gasteiger partial charge in [0.25, 0.3) is 0 Å². The first kappa shape index (κ1) is 11.1. The summed E-state index contributed by atoms with van der Waals surface area (Å²) < 4.78 is 7.38. The van der Waals surface area contributed by atoms with Gasteiger partial charge in [0.15, 0.2) is 0 Å². The van der Waals surface area contributed by atoms with Crippen molar-refractivity contribution < 1.29 is 4.74 Å². The van der Waals surface area contributed by atoms with Gasteiger partial charge in [-0.1, -0.05) is 0 Å². The van der Waals surface area contributed by atoms with E-state index in [-0.39, 0.29) is 0 Å². The molecule has 1 aromatic carbocycles. The fourth-order valence-electron chi connectivity index (χ4n) is 2.19. The van der Waals surface area contributed by atoms with E-state index in [1.54, 1.807) is 6.20 Å². The lowest BCUT2D eigenvalue weighted by atomic mass is 10.2. The summed E-state index contributed by atoms with van der Waals surface area (Å²) in [4.78, 5) is 0. The maximum Gasteiger partial charge on any atom is 0.119 e. The Hall–Kier alpha value is -1.97. The van der Waals surface area contributed by atoms with Gasteiger partial charge in [0, 0.05) is 5.92 Å². The number of benzene rings is 1. The third-order valence-corrected chi connectivity index (χ3v) is 3.19. The number of nitrogens with zero attached hydrogens (tertiary/aromatic N) is 2. The molecule has 0 spiro atoms. The summed E-state index contributed by atoms with van der Waals surface area (Å²) in [6.07, 6.45) is 4.17. The fraction of sp³-hybridized carbons (Fsp3) is 0.357. The zero-order chi connectivity index (χ0) is 12.5. The molecule has 18 heavy (non-hydrogen) atoms. The van der Waals surface area contributed by atoms with E-state index in [1.165, 1.54) is 12.8 Å². The van der Waals surface area contributed by atoms with Crippen molar-refractivity contribution in [2.24, 2.45) is 0 Å². The van der Waals surface area contributed by atoms with E-state index in [4.69, 9.17) is 10.5 Å². The van der Waals surface area contributed by atoms with Crippen LogP contribution < -0.4 is 10.5 Å². The molecule has 0 amide bonds. The normalized spacial score (nSPS) is 14.7. The number of nitrogen functional groups attached to an aromatic ring is 1. The van der Waals surface area contributed by atoms with Crippen LogP contribution in [-0.4, -0.2) is 16.4 Å². The molecule has 4 nitrogen and oxygen atoms in total. The van der Waals surface area contributed by atoms with Gasteiger partial charge in [-0.15, -0.1) is 0 Å². The minimum absolute atomic E-state index is 0.582. The maximum absolute atomic E-state index is 5.99. The second-order valence-electron chi connectivity index (χ2n) is 4.60. The number of rotatable bonds is 4. The predicted octanol–water partition coefficient (Wildman–Crippen LogP) is 2.73. The van der Waals surface area contributed by atoms with Gasteiger partial charge in [-0.3, -0.25) is 0 Å². The Kier molecular flexibility index (Phi) is 2.70. The maximum atomic E-state index is 5.99. The first-order valence-electron chi connectivity index (χ1n) is 6.36. The lowest BCUT2D eigenvalue weighted by Crippen LogP contribution is -2.02. The van der Waals surface area contributed by atoms with Crippen LogP contribution in [-0.2, 0) is 0 Å². The van der Waals surface area contributed by atoms with Crippen molar-refractivity contribution in [3.05, 3.63) is 36.2 Å². The number of ether oxygens (including phenoxy) is 1. The van der Waals surface area contributed by atoms with Gasteiger partial charge in [-0.05, 0) is 44.0 Å². The summed E-state index contributed by atoms with van der Waals surface area (Å²) in [5, 5.41) is 4.37. The zero-order valence-corrected chi connectivity index (χ0v) is 10.5. The van der Waals surface area contributed by atoms with Crippen LogP contribution in [0.2, 0.25) is 0 Å². The van der Waals surface area contributed by atoms with Crippen molar-refractivity contribution in [1.82, 2.24) is 9.78 Å². The highest BCUT2D eigenvalue weighted by Crippen LogP contribution is 2.43. The molecule has 0 radical (unpaired) electrons. The average Bonchev–Trinajstić information content (AvgIpc) is 3.14. The number of hydrogen-bond acceptors (Lipinski definition) is 3. The summed E-state index contributed by atoms with van der Waals surface area (Å²) in [5.41, 5.74) is 8.98. The molecule has 4 heteroatoms. The van der Waals surface area contributed by atoms with Crippen LogP contribution in [0.5, 0.6) is 5.75 Å². The summed E-state index contributed by atoms with van der Waals surface area (Å²) >= 11 is 0. The SMILES string of the molecule is CCOc1ccc(-n2ncc(N)c2C2CC2)cc1. The molecule has 0 bridgehead atoms. The van der Waals surface area contributed by atoms with Crippen LogP contribution >= 0.6 is 0 Å². The molecule has 1 heterocycles. The third-order valence-electron chi connectivity index (χ3n) is 3.19. The Morgan fingerprint density at radius 2 is 2.06 bits per heavy atom. The molecule has 0 atom stereocenters. The number of hydrogen-bond donors (Lipinski definition) is 1. The summed E-state index contributed by atoms with van der Waals surface area (Å²) in [6, 6.07) is 7.97. The molecule has 1 aliphatic rings. The highest BCUT2D eigenvalue weighted by Gasteiger charge is 2.29. The number of nitrogens with two attached hydrogens (primary N) is 1. The van der Waals surface area contributed by atoms with Crippen molar-refractivity contribution in [3.63, 3.8) is 0 Å². The van der Waals surface area contributed by atoms with Crippen molar-refractivity contribution in [2.75, 3.05) is 12.3 Å². The van der Waals surface area contributed by atoms with E-state index >= 15 is 0 Å². The highest BCUT2D eigenvalue weighted by atomic mass is 16.5. The second-order valence-corrected chi connectivity index (χ2v) is 4.60. The smallest absolute Gasteiger partial charge is 0.119 e. The minimum atomic E-state index is 0.582. The molecule has 3 rings (SSSR count). The lowest BCUT2D eigenvalue weighted by Gasteiger charge is -2.08. The van der Waals surface area contributed by atoms with Gasteiger partial charge in [0.2, 0.25) is 0 Å². The first-order chi connectivity index (χ1) is 8.79. The first-order valence-corrected chi connectivity index (χ1v) is 6.36. The Bertz CT molecular complexity index is 541. The van der Waals surface area contributed by atoms with E-state index < -0.39 is 0 Å². The van der Waals surface area contributed by atoms with E-state index in [1.807, 2.05) is 35.9 Å². The minimum Gasteiger partial charge on any atom is -0.494 e. The highest BCUT2D eigenvalue weighted by molar-refractivity contribution is 5.50. The van der Waals surface area contributed by atoms with E-state index in [9.17, 15) is 0 Å². The van der Waals surface area contributed by atoms with Gasteiger partial charge in [-0.25, -0.2) is 4.68 Å². The van der Waals surface area contributed by atoms with Crippen LogP contribution in [0, 0.1) is 0 Å². The van der Waals surface area contributed by atoms with Crippen molar-refractivity contribution in [1.29, 1.82) is 0 Å². The molecule has 94 valence electrons. The molecule has 0 saturated heterocycles. The molecule has 0 unspecified atom stereocenters. The molecule has 1 aliphatic carbocycles. The fourth-order valence-corrected chi connectivity index (χ4v) is 2.19. The van der Waals surface area contributed by atoms with Crippen LogP contribution in [0.15, 0.2) is 30.5 Å². The zero-order valence-electron chi connectivity index (χ0n) is 10.5. The van der Waals surface area contributed by atoms with Crippen LogP contribution in [0.4, 0.5) is 5.69 Å². The molecule has 0 aliphatic heterocycles. The van der Waals surface area contributed by atoms with Crippen LogP contribution in [0.25, 0.3) is 5.69 Å². The molecule has 2 aromatic rings. The second kappa shape index (κ2) is 4.37. The Balaban J connectivity index is 1.94. The van der Waals surface area contributed by atoms with E-state index in [0.29, 0.717) is 12.5 Å². The number of anilines is 1. The van der Waals surface area contributed by atoms with Gasteiger partial charge >= 0.3 is 0 Å². The van der Waals surface area contributed by atoms with Gasteiger partial charge < -0.3 is 10.5 Å². The van der Waals surface area contributed by atoms with E-state index in [0.717, 1.165) is 22.8 Å². The van der Waals surface area contributed by atoms with Crippen molar-refractivity contribution in [3.8, 4) is 11.4 Å². The monoisotopic (exact) mass is 243 g/mol. The van der Waals surface area contributed by atoms with Crippen molar-refractivity contribution in [2.45, 2.75) is 25.7 Å². The third kappa shape index (κ3) is 1.94. The molecule has 2 N–H and O–H groups in total. The van der Waals surface area contributed by atoms with Crippen molar-refractivity contribution >= 4 is 5.69 Å². The lowest BCUT2D eigenvalue weighted by molar-refractivity contribution is 0.340. The molecule has 1 saturated carbocycles. The topological polar surface area (TPSA) is 53.1 Å². The van der Waals surface area contributed by atoms with Gasteiger partial charge in [-0.2, -0.15) is 5.10 Å². The Labute approximate surface area is 106 Å². The van der Waals surface area contributed by atoms with Gasteiger partial charge in [0.1, 0.15) is 5.75 Å². The van der Waals surface area contributed by atoms with Crippen LogP contribution in [0.3, 0.4) is 0 Å². The standard InChI is InChI=1S/C14H17N3O/c1-2-18-12-7-5-11(6-8-12)17-14(10-3-4-10)13(15)9-16-17/h5-10H,2-4,15H2,1H3. The molecule has 1 aromatic heterocycles. The predicted molar refractivity (Wildman–Crippen MR) is 71.1 cm³/mol. The Morgan fingerprint density at radius 3 is 2.67 bits per heavy atom. The largest absolute Gasteiger partial charge is 0.494 e. The summed E-state index contributed by atoms with van der Waals surface area (Å²) in [5.74, 6) is 1.47. The summed E-state index contributed by atoms with van der Waals surface area (Å²) in [7, 11) is 0. The Morgan fingerprint density at radius 1 is 1.33 bits per heavy atom. The van der Waals surface area contributed by atoms with Gasteiger partial charge in [0.05, 0.1) is 29.9 Å². The average molecular weight is 243 g/mol.